The van der Waals surface area contributed by atoms with Crippen molar-refractivity contribution in [2.24, 2.45) is 0 Å². The maximum absolute atomic E-state index is 10.4. The van der Waals surface area contributed by atoms with E-state index in [1.54, 1.807) is 13.0 Å². The van der Waals surface area contributed by atoms with Gasteiger partial charge in [0.05, 0.1) is 4.92 Å². The van der Waals surface area contributed by atoms with E-state index in [0.717, 1.165) is 6.54 Å². The van der Waals surface area contributed by atoms with E-state index in [4.69, 9.17) is 0 Å². The zero-order valence-electron chi connectivity index (χ0n) is 7.57. The van der Waals surface area contributed by atoms with Crippen molar-refractivity contribution in [1.82, 2.24) is 4.98 Å². The molecular weight excluding hydrogens is 170 g/mol. The minimum atomic E-state index is -0.432. The Morgan fingerprint density at radius 3 is 2.77 bits per heavy atom. The Labute approximate surface area is 75.9 Å². The average Bonchev–Trinajstić information content (AvgIpc) is 2.04. The summed E-state index contributed by atoms with van der Waals surface area (Å²) < 4.78 is 0. The minimum Gasteiger partial charge on any atom is -0.370 e. The van der Waals surface area contributed by atoms with Crippen molar-refractivity contribution in [2.45, 2.75) is 13.8 Å². The highest BCUT2D eigenvalue weighted by Gasteiger charge is 2.10. The molecule has 1 heterocycles. The molecule has 0 bridgehead atoms. The third-order valence-electron chi connectivity index (χ3n) is 1.61. The van der Waals surface area contributed by atoms with Crippen molar-refractivity contribution in [3.05, 3.63) is 27.9 Å². The third kappa shape index (κ3) is 2.14. The fourth-order valence-electron chi connectivity index (χ4n) is 1.03. The van der Waals surface area contributed by atoms with Crippen LogP contribution in [-0.2, 0) is 0 Å². The number of rotatable bonds is 3. The first kappa shape index (κ1) is 9.44. The van der Waals surface area contributed by atoms with Crippen LogP contribution in [0.15, 0.2) is 12.1 Å². The van der Waals surface area contributed by atoms with Crippen molar-refractivity contribution in [3.8, 4) is 0 Å². The molecule has 70 valence electrons. The van der Waals surface area contributed by atoms with Crippen molar-refractivity contribution in [2.75, 3.05) is 11.9 Å². The van der Waals surface area contributed by atoms with Crippen LogP contribution < -0.4 is 5.32 Å². The summed E-state index contributed by atoms with van der Waals surface area (Å²) in [6.45, 7) is 4.32. The van der Waals surface area contributed by atoms with E-state index in [0.29, 0.717) is 11.5 Å². The molecule has 0 saturated carbocycles. The van der Waals surface area contributed by atoms with Crippen LogP contribution >= 0.6 is 0 Å². The normalized spacial score (nSPS) is 9.69. The minimum absolute atomic E-state index is 0.0571. The molecule has 1 aromatic heterocycles. The summed E-state index contributed by atoms with van der Waals surface area (Å²) >= 11 is 0. The van der Waals surface area contributed by atoms with Gasteiger partial charge in [-0.25, -0.2) is 4.98 Å². The molecule has 0 unspecified atom stereocenters. The average molecular weight is 181 g/mol. The number of anilines is 1. The molecule has 0 spiro atoms. The molecule has 0 amide bonds. The second-order valence-corrected chi connectivity index (χ2v) is 2.59. The molecule has 0 aliphatic carbocycles. The van der Waals surface area contributed by atoms with Crippen LogP contribution in [0.5, 0.6) is 0 Å². The quantitative estimate of drug-likeness (QED) is 0.569. The second kappa shape index (κ2) is 3.84. The van der Waals surface area contributed by atoms with Crippen LogP contribution in [0.1, 0.15) is 12.6 Å². The van der Waals surface area contributed by atoms with Crippen molar-refractivity contribution in [3.63, 3.8) is 0 Å². The Bertz CT molecular complexity index is 325. The van der Waals surface area contributed by atoms with Crippen LogP contribution in [0.25, 0.3) is 0 Å². The van der Waals surface area contributed by atoms with Gasteiger partial charge >= 0.3 is 0 Å². The monoisotopic (exact) mass is 181 g/mol. The topological polar surface area (TPSA) is 68.1 Å². The van der Waals surface area contributed by atoms with Crippen LogP contribution in [-0.4, -0.2) is 16.5 Å². The van der Waals surface area contributed by atoms with E-state index < -0.39 is 4.92 Å². The standard InChI is InChI=1S/C8H11N3O2/c1-3-9-8-5-4-7(11(12)13)6(2)10-8/h4-5H,3H2,1-2H3,(H,9,10). The molecule has 0 aliphatic heterocycles. The fourth-order valence-corrected chi connectivity index (χ4v) is 1.03. The third-order valence-corrected chi connectivity index (χ3v) is 1.61. The van der Waals surface area contributed by atoms with Crippen molar-refractivity contribution in [1.29, 1.82) is 0 Å². The van der Waals surface area contributed by atoms with Gasteiger partial charge in [-0.15, -0.1) is 0 Å². The lowest BCUT2D eigenvalue weighted by Gasteiger charge is -2.02. The molecule has 5 nitrogen and oxygen atoms in total. The van der Waals surface area contributed by atoms with Crippen molar-refractivity contribution >= 4 is 11.5 Å². The van der Waals surface area contributed by atoms with Gasteiger partial charge in [-0.1, -0.05) is 0 Å². The Kier molecular flexibility index (Phi) is 2.79. The highest BCUT2D eigenvalue weighted by atomic mass is 16.6. The Balaban J connectivity index is 2.98. The van der Waals surface area contributed by atoms with Gasteiger partial charge in [-0.3, -0.25) is 10.1 Å². The number of nitrogens with zero attached hydrogens (tertiary/aromatic N) is 2. The molecule has 0 aliphatic rings. The number of nitrogens with one attached hydrogen (secondary N) is 1. The summed E-state index contributed by atoms with van der Waals surface area (Å²) in [5.74, 6) is 0.672. The molecule has 5 heteroatoms. The van der Waals surface area contributed by atoms with Gasteiger partial charge < -0.3 is 5.32 Å². The number of pyridine rings is 1. The summed E-state index contributed by atoms with van der Waals surface area (Å²) in [5, 5.41) is 13.4. The summed E-state index contributed by atoms with van der Waals surface area (Å²) in [4.78, 5) is 14.0. The molecule has 0 aromatic carbocycles. The smallest absolute Gasteiger partial charge is 0.290 e. The molecule has 0 atom stereocenters. The van der Waals surface area contributed by atoms with E-state index in [9.17, 15) is 10.1 Å². The summed E-state index contributed by atoms with van der Waals surface area (Å²) in [7, 11) is 0. The molecule has 13 heavy (non-hydrogen) atoms. The van der Waals surface area contributed by atoms with E-state index in [2.05, 4.69) is 10.3 Å². The number of hydrogen-bond acceptors (Lipinski definition) is 4. The molecule has 0 saturated heterocycles. The van der Waals surface area contributed by atoms with Crippen LogP contribution in [0, 0.1) is 17.0 Å². The van der Waals surface area contributed by atoms with Crippen molar-refractivity contribution < 1.29 is 4.92 Å². The molecule has 1 aromatic rings. The first-order chi connectivity index (χ1) is 6.15. The molecule has 1 rings (SSSR count). The maximum Gasteiger partial charge on any atom is 0.290 e. The first-order valence-electron chi connectivity index (χ1n) is 4.01. The molecule has 0 fully saturated rings. The Morgan fingerprint density at radius 2 is 2.31 bits per heavy atom. The SMILES string of the molecule is CCNc1ccc([N+](=O)[O-])c(C)n1. The number of hydrogen-bond donors (Lipinski definition) is 1. The van der Waals surface area contributed by atoms with E-state index in [1.165, 1.54) is 6.07 Å². The molecule has 1 N–H and O–H groups in total. The van der Waals surface area contributed by atoms with Crippen LogP contribution in [0.3, 0.4) is 0 Å². The van der Waals surface area contributed by atoms with E-state index in [1.807, 2.05) is 6.92 Å². The van der Waals surface area contributed by atoms with Gasteiger partial charge in [-0.05, 0) is 19.9 Å². The van der Waals surface area contributed by atoms with Gasteiger partial charge in [0.25, 0.3) is 5.69 Å². The lowest BCUT2D eigenvalue weighted by atomic mass is 10.3. The van der Waals surface area contributed by atoms with Gasteiger partial charge in [0, 0.05) is 12.6 Å². The van der Waals surface area contributed by atoms with Gasteiger partial charge in [-0.2, -0.15) is 0 Å². The fraction of sp³-hybridized carbons (Fsp3) is 0.375. The Hall–Kier alpha value is -1.65. The highest BCUT2D eigenvalue weighted by Crippen LogP contribution is 2.17. The lowest BCUT2D eigenvalue weighted by molar-refractivity contribution is -0.385. The first-order valence-corrected chi connectivity index (χ1v) is 4.01. The van der Waals surface area contributed by atoms with E-state index in [-0.39, 0.29) is 5.69 Å². The zero-order chi connectivity index (χ0) is 9.84. The molecule has 0 radical (unpaired) electrons. The zero-order valence-corrected chi connectivity index (χ0v) is 7.57. The maximum atomic E-state index is 10.4. The Morgan fingerprint density at radius 1 is 1.62 bits per heavy atom. The summed E-state index contributed by atoms with van der Waals surface area (Å²) in [5.41, 5.74) is 0.491. The van der Waals surface area contributed by atoms with Gasteiger partial charge in [0.1, 0.15) is 11.5 Å². The van der Waals surface area contributed by atoms with E-state index >= 15 is 0 Å². The highest BCUT2D eigenvalue weighted by molar-refractivity contribution is 5.44. The molecular formula is C8H11N3O2. The summed E-state index contributed by atoms with van der Waals surface area (Å²) in [6.07, 6.45) is 0. The van der Waals surface area contributed by atoms with Crippen LogP contribution in [0.4, 0.5) is 11.5 Å². The predicted octanol–water partition coefficient (Wildman–Crippen LogP) is 1.73. The van der Waals surface area contributed by atoms with Gasteiger partial charge in [0.2, 0.25) is 0 Å². The largest absolute Gasteiger partial charge is 0.370 e. The van der Waals surface area contributed by atoms with Gasteiger partial charge in [0.15, 0.2) is 0 Å². The number of nitro groups is 1. The number of aromatic nitrogens is 1. The number of aryl methyl sites for hydroxylation is 1. The second-order valence-electron chi connectivity index (χ2n) is 2.59. The van der Waals surface area contributed by atoms with Crippen LogP contribution in [0.2, 0.25) is 0 Å². The predicted molar refractivity (Wildman–Crippen MR) is 49.8 cm³/mol. The summed E-state index contributed by atoms with van der Waals surface area (Å²) in [6, 6.07) is 3.06. The lowest BCUT2D eigenvalue weighted by Crippen LogP contribution is -2.01.